The quantitative estimate of drug-likeness (QED) is 0.202. The summed E-state index contributed by atoms with van der Waals surface area (Å²) in [5.74, 6) is 1.45. The van der Waals surface area contributed by atoms with Crippen molar-refractivity contribution in [1.82, 2.24) is 10.6 Å². The zero-order valence-corrected chi connectivity index (χ0v) is 30.5. The second-order valence-corrected chi connectivity index (χ2v) is 15.0. The Balaban J connectivity index is 1.43. The standard InChI is InChI=1S/C38H51N3O8S/c1-6-32(40-38(42)47-5)37(50(43,44)30-15-8-26(2)9-16-30)33-23-31(28-11-13-29(46-4)14-12-28)36(24-39-33)49-25-27-10-17-35-34(22-27)41(19-21-48-35)18-7-20-45-3/h8-17,22,31-33,36-37,39H,6-7,18-21,23-25H2,1-5H3,(H,40,42)/t31-,32-,33-,36+,37?/m1/s1. The molecule has 11 nitrogen and oxygen atoms in total. The first-order chi connectivity index (χ1) is 24.2. The first-order valence-electron chi connectivity index (χ1n) is 17.3. The number of fused-ring (bicyclic) bond motifs is 1. The third kappa shape index (κ3) is 8.90. The van der Waals surface area contributed by atoms with Gasteiger partial charge in [-0.2, -0.15) is 0 Å². The second kappa shape index (κ2) is 17.4. The van der Waals surface area contributed by atoms with Gasteiger partial charge in [0, 0.05) is 38.8 Å². The van der Waals surface area contributed by atoms with Gasteiger partial charge in [-0.15, -0.1) is 0 Å². The molecule has 0 radical (unpaired) electrons. The number of piperidine rings is 1. The van der Waals surface area contributed by atoms with E-state index < -0.39 is 33.3 Å². The maximum atomic E-state index is 14.5. The predicted molar refractivity (Wildman–Crippen MR) is 193 cm³/mol. The summed E-state index contributed by atoms with van der Waals surface area (Å²) in [4.78, 5) is 15.0. The molecule has 0 bridgehead atoms. The van der Waals surface area contributed by atoms with Crippen LogP contribution in [0.15, 0.2) is 71.6 Å². The Kier molecular flexibility index (Phi) is 13.0. The number of hydrogen-bond acceptors (Lipinski definition) is 10. The third-order valence-corrected chi connectivity index (χ3v) is 12.0. The van der Waals surface area contributed by atoms with E-state index in [0.29, 0.717) is 39.2 Å². The van der Waals surface area contributed by atoms with E-state index >= 15 is 0 Å². The van der Waals surface area contributed by atoms with Crippen LogP contribution in [0.3, 0.4) is 0 Å². The Morgan fingerprint density at radius 2 is 1.82 bits per heavy atom. The number of methoxy groups -OCH3 is 3. The van der Waals surface area contributed by atoms with Gasteiger partial charge in [-0.1, -0.05) is 42.8 Å². The van der Waals surface area contributed by atoms with E-state index in [1.54, 1.807) is 38.5 Å². The summed E-state index contributed by atoms with van der Waals surface area (Å²) in [7, 11) is 0.712. The SMILES string of the molecule is CC[C@@H](NC(=O)OC)C([C@H]1C[C@H](c2ccc(OC)cc2)[C@@H](OCc2ccc3c(c2)N(CCCOC)CCO3)CN1)S(=O)(=O)c1ccc(C)cc1. The van der Waals surface area contributed by atoms with Crippen molar-refractivity contribution in [3.05, 3.63) is 83.4 Å². The van der Waals surface area contributed by atoms with Crippen LogP contribution < -0.4 is 25.0 Å². The lowest BCUT2D eigenvalue weighted by Gasteiger charge is -2.42. The molecular formula is C38H51N3O8S. The van der Waals surface area contributed by atoms with Crippen LogP contribution >= 0.6 is 0 Å². The van der Waals surface area contributed by atoms with Gasteiger partial charge in [0.25, 0.3) is 0 Å². The summed E-state index contributed by atoms with van der Waals surface area (Å²) in [5, 5.41) is 5.40. The van der Waals surface area contributed by atoms with Crippen molar-refractivity contribution in [2.45, 2.75) is 74.0 Å². The average molecular weight is 710 g/mol. The first-order valence-corrected chi connectivity index (χ1v) is 18.9. The van der Waals surface area contributed by atoms with Crippen molar-refractivity contribution in [2.75, 3.05) is 59.1 Å². The molecule has 5 atom stereocenters. The maximum absolute atomic E-state index is 14.5. The molecule has 5 rings (SSSR count). The number of sulfone groups is 1. The smallest absolute Gasteiger partial charge is 0.407 e. The molecule has 12 heteroatoms. The molecule has 0 spiro atoms. The number of hydrogen-bond donors (Lipinski definition) is 2. The van der Waals surface area contributed by atoms with E-state index in [9.17, 15) is 13.2 Å². The highest BCUT2D eigenvalue weighted by Crippen LogP contribution is 2.37. The zero-order valence-electron chi connectivity index (χ0n) is 29.7. The van der Waals surface area contributed by atoms with E-state index in [2.05, 4.69) is 21.6 Å². The van der Waals surface area contributed by atoms with Crippen molar-refractivity contribution < 1.29 is 36.9 Å². The molecule has 2 N–H and O–H groups in total. The van der Waals surface area contributed by atoms with Crippen LogP contribution in [0.25, 0.3) is 0 Å². The fraction of sp³-hybridized carbons (Fsp3) is 0.500. The van der Waals surface area contributed by atoms with Gasteiger partial charge in [-0.25, -0.2) is 13.2 Å². The monoisotopic (exact) mass is 709 g/mol. The Bertz CT molecular complexity index is 1650. The summed E-state index contributed by atoms with van der Waals surface area (Å²) in [6.45, 7) is 7.59. The van der Waals surface area contributed by atoms with Crippen LogP contribution in [0.5, 0.6) is 11.5 Å². The van der Waals surface area contributed by atoms with Crippen molar-refractivity contribution in [1.29, 1.82) is 0 Å². The molecule has 1 saturated heterocycles. The lowest BCUT2D eigenvalue weighted by atomic mass is 9.82. The van der Waals surface area contributed by atoms with Crippen LogP contribution in [0, 0.1) is 6.92 Å². The highest BCUT2D eigenvalue weighted by molar-refractivity contribution is 7.92. The van der Waals surface area contributed by atoms with Crippen LogP contribution in [0.2, 0.25) is 0 Å². The Morgan fingerprint density at radius 1 is 1.06 bits per heavy atom. The second-order valence-electron chi connectivity index (χ2n) is 12.9. The minimum atomic E-state index is -3.91. The molecule has 2 aliphatic heterocycles. The number of nitrogens with zero attached hydrogens (tertiary/aromatic N) is 1. The molecule has 0 aliphatic carbocycles. The number of rotatable bonds is 15. The highest BCUT2D eigenvalue weighted by Gasteiger charge is 2.45. The number of amides is 1. The fourth-order valence-corrected chi connectivity index (χ4v) is 9.18. The van der Waals surface area contributed by atoms with Gasteiger partial charge in [0.2, 0.25) is 0 Å². The number of carbonyl (C=O) groups excluding carboxylic acids is 1. The van der Waals surface area contributed by atoms with Gasteiger partial charge in [-0.3, -0.25) is 0 Å². The Morgan fingerprint density at radius 3 is 2.50 bits per heavy atom. The summed E-state index contributed by atoms with van der Waals surface area (Å²) >= 11 is 0. The molecule has 2 heterocycles. The van der Waals surface area contributed by atoms with Crippen LogP contribution in [0.1, 0.15) is 48.8 Å². The van der Waals surface area contributed by atoms with Crippen LogP contribution in [0.4, 0.5) is 10.5 Å². The number of anilines is 1. The maximum Gasteiger partial charge on any atom is 0.407 e. The van der Waals surface area contributed by atoms with Crippen molar-refractivity contribution in [3.8, 4) is 11.5 Å². The molecule has 1 unspecified atom stereocenters. The average Bonchev–Trinajstić information content (AvgIpc) is 3.14. The zero-order chi connectivity index (χ0) is 35.7. The Hall–Kier alpha value is -3.84. The van der Waals surface area contributed by atoms with Crippen molar-refractivity contribution in [2.24, 2.45) is 0 Å². The number of carbonyl (C=O) groups is 1. The molecule has 272 valence electrons. The van der Waals surface area contributed by atoms with E-state index in [1.807, 2.05) is 50.2 Å². The summed E-state index contributed by atoms with van der Waals surface area (Å²) < 4.78 is 57.2. The third-order valence-electron chi connectivity index (χ3n) is 9.73. The molecule has 2 aliphatic rings. The van der Waals surface area contributed by atoms with Gasteiger partial charge >= 0.3 is 6.09 Å². The summed E-state index contributed by atoms with van der Waals surface area (Å²) in [5.41, 5.74) is 4.05. The molecule has 1 fully saturated rings. The number of ether oxygens (including phenoxy) is 5. The van der Waals surface area contributed by atoms with Crippen LogP contribution in [-0.2, 0) is 30.7 Å². The highest BCUT2D eigenvalue weighted by atomic mass is 32.2. The largest absolute Gasteiger partial charge is 0.497 e. The minimum absolute atomic E-state index is 0.148. The summed E-state index contributed by atoms with van der Waals surface area (Å²) in [6.07, 6.45) is 0.834. The fourth-order valence-electron chi connectivity index (χ4n) is 7.01. The Labute approximate surface area is 296 Å². The molecule has 0 aromatic heterocycles. The molecule has 3 aromatic carbocycles. The van der Waals surface area contributed by atoms with Gasteiger partial charge in [0.05, 0.1) is 50.1 Å². The van der Waals surface area contributed by atoms with E-state index in [4.69, 9.17) is 23.7 Å². The first kappa shape index (κ1) is 37.4. The van der Waals surface area contributed by atoms with Gasteiger partial charge < -0.3 is 39.2 Å². The normalized spacial score (nSPS) is 20.3. The van der Waals surface area contributed by atoms with E-state index in [1.165, 1.54) is 7.11 Å². The van der Waals surface area contributed by atoms with Crippen LogP contribution in [-0.4, -0.2) is 92.1 Å². The lowest BCUT2D eigenvalue weighted by Crippen LogP contribution is -2.60. The number of benzene rings is 3. The minimum Gasteiger partial charge on any atom is -0.497 e. The van der Waals surface area contributed by atoms with E-state index in [0.717, 1.165) is 53.4 Å². The molecule has 0 saturated carbocycles. The summed E-state index contributed by atoms with van der Waals surface area (Å²) in [6, 6.07) is 19.7. The number of alkyl carbamates (subject to hydrolysis) is 1. The van der Waals surface area contributed by atoms with Gasteiger partial charge in [0.1, 0.15) is 23.4 Å². The van der Waals surface area contributed by atoms with E-state index in [-0.39, 0.29) is 16.9 Å². The molecule has 50 heavy (non-hydrogen) atoms. The predicted octanol–water partition coefficient (Wildman–Crippen LogP) is 5.25. The lowest BCUT2D eigenvalue weighted by molar-refractivity contribution is 0.00180. The van der Waals surface area contributed by atoms with Gasteiger partial charge in [0.15, 0.2) is 9.84 Å². The van der Waals surface area contributed by atoms with Crippen molar-refractivity contribution >= 4 is 21.6 Å². The number of aryl methyl sites for hydroxylation is 1. The topological polar surface area (TPSA) is 125 Å². The molecule has 3 aromatic rings. The molecular weight excluding hydrogens is 658 g/mol. The van der Waals surface area contributed by atoms with Crippen molar-refractivity contribution in [3.63, 3.8) is 0 Å². The molecule has 1 amide bonds. The number of nitrogens with one attached hydrogen (secondary N) is 2. The van der Waals surface area contributed by atoms with Gasteiger partial charge in [-0.05, 0) is 73.7 Å².